The van der Waals surface area contributed by atoms with Gasteiger partial charge in [0.2, 0.25) is 0 Å². The fourth-order valence-electron chi connectivity index (χ4n) is 2.85. The summed E-state index contributed by atoms with van der Waals surface area (Å²) in [5.74, 6) is 0. The monoisotopic (exact) mass is 430 g/mol. The van der Waals surface area contributed by atoms with Gasteiger partial charge in [-0.1, -0.05) is 52.4 Å². The summed E-state index contributed by atoms with van der Waals surface area (Å²) in [4.78, 5) is 18.7. The SMILES string of the molecule is CCCCCCc1ccsc1.CCCCCCc1ccsc1CP(=O)(O)O. The minimum absolute atomic E-state index is 0.103. The van der Waals surface area contributed by atoms with Crippen LogP contribution in [-0.2, 0) is 23.6 Å². The Labute approximate surface area is 173 Å². The van der Waals surface area contributed by atoms with Crippen molar-refractivity contribution in [2.24, 2.45) is 0 Å². The van der Waals surface area contributed by atoms with Crippen molar-refractivity contribution in [2.45, 2.75) is 84.2 Å². The van der Waals surface area contributed by atoms with Gasteiger partial charge in [-0.2, -0.15) is 11.3 Å². The number of aryl methyl sites for hydroxylation is 2. The Hall–Kier alpha value is -0.450. The molecule has 2 heterocycles. The molecule has 6 heteroatoms. The van der Waals surface area contributed by atoms with E-state index >= 15 is 0 Å². The Morgan fingerprint density at radius 3 is 2.11 bits per heavy atom. The van der Waals surface area contributed by atoms with Crippen LogP contribution in [0.1, 0.15) is 81.2 Å². The molecule has 154 valence electrons. The second kappa shape index (κ2) is 14.5. The lowest BCUT2D eigenvalue weighted by Gasteiger charge is -2.05. The minimum atomic E-state index is -3.92. The highest BCUT2D eigenvalue weighted by Gasteiger charge is 2.17. The highest BCUT2D eigenvalue weighted by atomic mass is 32.1. The van der Waals surface area contributed by atoms with Crippen LogP contribution in [0.25, 0.3) is 0 Å². The molecule has 3 nitrogen and oxygen atoms in total. The summed E-state index contributed by atoms with van der Waals surface area (Å²) in [5.41, 5.74) is 2.63. The average Bonchev–Trinajstić information content (AvgIpc) is 3.27. The highest BCUT2D eigenvalue weighted by molar-refractivity contribution is 7.51. The Morgan fingerprint density at radius 2 is 1.56 bits per heavy atom. The maximum Gasteiger partial charge on any atom is 0.330 e. The van der Waals surface area contributed by atoms with Crippen molar-refractivity contribution in [1.82, 2.24) is 0 Å². The molecule has 0 aromatic carbocycles. The first kappa shape index (κ1) is 24.6. The van der Waals surface area contributed by atoms with Gasteiger partial charge in [-0.25, -0.2) is 0 Å². The van der Waals surface area contributed by atoms with Gasteiger partial charge in [0.25, 0.3) is 0 Å². The number of hydrogen-bond acceptors (Lipinski definition) is 3. The lowest BCUT2D eigenvalue weighted by molar-refractivity contribution is 0.372. The molecule has 0 atom stereocenters. The van der Waals surface area contributed by atoms with Crippen molar-refractivity contribution in [3.8, 4) is 0 Å². The first-order chi connectivity index (χ1) is 13.0. The van der Waals surface area contributed by atoms with Crippen LogP contribution in [0, 0.1) is 0 Å². The normalized spacial score (nSPS) is 11.3. The van der Waals surface area contributed by atoms with Gasteiger partial charge in [0.1, 0.15) is 0 Å². The van der Waals surface area contributed by atoms with Crippen molar-refractivity contribution >= 4 is 30.3 Å². The molecular formula is C21H35O3PS2. The van der Waals surface area contributed by atoms with Crippen LogP contribution < -0.4 is 0 Å². The molecule has 2 aromatic heterocycles. The van der Waals surface area contributed by atoms with Crippen LogP contribution in [-0.4, -0.2) is 9.79 Å². The Bertz CT molecular complexity index is 632. The fraction of sp³-hybridized carbons (Fsp3) is 0.619. The van der Waals surface area contributed by atoms with E-state index in [4.69, 9.17) is 9.79 Å². The predicted octanol–water partition coefficient (Wildman–Crippen LogP) is 7.42. The van der Waals surface area contributed by atoms with Gasteiger partial charge >= 0.3 is 7.60 Å². The molecule has 27 heavy (non-hydrogen) atoms. The molecule has 0 saturated carbocycles. The van der Waals surface area contributed by atoms with Crippen LogP contribution in [0.5, 0.6) is 0 Å². The zero-order valence-corrected chi connectivity index (χ0v) is 19.3. The summed E-state index contributed by atoms with van der Waals surface area (Å²) in [6, 6.07) is 4.22. The maximum absolute atomic E-state index is 10.9. The van der Waals surface area contributed by atoms with Crippen LogP contribution in [0.4, 0.5) is 0 Å². The summed E-state index contributed by atoms with van der Waals surface area (Å²) < 4.78 is 10.9. The summed E-state index contributed by atoms with van der Waals surface area (Å²) in [6.07, 6.45) is 12.4. The Balaban J connectivity index is 0.000000289. The summed E-state index contributed by atoms with van der Waals surface area (Å²) >= 11 is 3.25. The second-order valence-corrected chi connectivity index (χ2v) is 10.4. The second-order valence-electron chi connectivity index (χ2n) is 6.94. The van der Waals surface area contributed by atoms with Gasteiger partial charge in [0, 0.05) is 4.88 Å². The Kier molecular flexibility index (Phi) is 13.2. The lowest BCUT2D eigenvalue weighted by atomic mass is 10.1. The largest absolute Gasteiger partial charge is 0.330 e. The molecule has 0 saturated heterocycles. The third kappa shape index (κ3) is 12.6. The molecule has 0 aliphatic rings. The molecule has 2 N–H and O–H groups in total. The van der Waals surface area contributed by atoms with Gasteiger partial charge in [-0.15, -0.1) is 11.3 Å². The van der Waals surface area contributed by atoms with E-state index in [9.17, 15) is 4.57 Å². The fourth-order valence-corrected chi connectivity index (χ4v) is 5.65. The first-order valence-electron chi connectivity index (χ1n) is 10.1. The first-order valence-corrected chi connectivity index (χ1v) is 13.7. The Morgan fingerprint density at radius 1 is 0.889 bits per heavy atom. The van der Waals surface area contributed by atoms with Crippen molar-refractivity contribution in [3.63, 3.8) is 0 Å². The molecular weight excluding hydrogens is 395 g/mol. The third-order valence-corrected chi connectivity index (χ3v) is 7.02. The number of thiophene rings is 2. The van der Waals surface area contributed by atoms with Crippen LogP contribution in [0.15, 0.2) is 28.3 Å². The van der Waals surface area contributed by atoms with Gasteiger partial charge in [-0.05, 0) is 65.1 Å². The average molecular weight is 431 g/mol. The van der Waals surface area contributed by atoms with Gasteiger partial charge in [0.15, 0.2) is 0 Å². The van der Waals surface area contributed by atoms with Crippen molar-refractivity contribution in [2.75, 3.05) is 0 Å². The number of unbranched alkanes of at least 4 members (excludes halogenated alkanes) is 6. The molecule has 0 amide bonds. The van der Waals surface area contributed by atoms with E-state index < -0.39 is 7.60 Å². The topological polar surface area (TPSA) is 57.5 Å². The number of rotatable bonds is 12. The quantitative estimate of drug-likeness (QED) is 0.272. The van der Waals surface area contributed by atoms with E-state index in [2.05, 4.69) is 30.7 Å². The molecule has 2 aromatic rings. The van der Waals surface area contributed by atoms with Crippen molar-refractivity contribution < 1.29 is 14.4 Å². The van der Waals surface area contributed by atoms with E-state index in [1.54, 1.807) is 11.3 Å². The molecule has 0 aliphatic carbocycles. The third-order valence-electron chi connectivity index (χ3n) is 4.39. The lowest BCUT2D eigenvalue weighted by Crippen LogP contribution is -1.91. The molecule has 2 rings (SSSR count). The molecule has 0 unspecified atom stereocenters. The summed E-state index contributed by atoms with van der Waals surface area (Å²) in [7, 11) is -3.92. The molecule has 0 radical (unpaired) electrons. The van der Waals surface area contributed by atoms with Crippen molar-refractivity contribution in [3.05, 3.63) is 44.3 Å². The molecule has 0 spiro atoms. The summed E-state index contributed by atoms with van der Waals surface area (Å²) in [6.45, 7) is 4.42. The van der Waals surface area contributed by atoms with Crippen molar-refractivity contribution in [1.29, 1.82) is 0 Å². The standard InChI is InChI=1S/C11H19O3PS.C10H16S/c1-2-3-4-5-6-10-7-8-16-11(10)9-15(12,13)14;1-2-3-4-5-6-10-7-8-11-9-10/h7-8H,2-6,9H2,1H3,(H2,12,13,14);7-9H,2-6H2,1H3. The summed E-state index contributed by atoms with van der Waals surface area (Å²) in [5, 5.41) is 6.33. The van der Waals surface area contributed by atoms with Crippen LogP contribution in [0.2, 0.25) is 0 Å². The van der Waals surface area contributed by atoms with Gasteiger partial charge in [-0.3, -0.25) is 4.57 Å². The van der Waals surface area contributed by atoms with E-state index in [1.807, 2.05) is 11.4 Å². The predicted molar refractivity (Wildman–Crippen MR) is 120 cm³/mol. The van der Waals surface area contributed by atoms with E-state index in [-0.39, 0.29) is 6.16 Å². The zero-order chi connectivity index (χ0) is 20.0. The number of hydrogen-bond donors (Lipinski definition) is 2. The minimum Gasteiger partial charge on any atom is -0.324 e. The molecule has 0 fully saturated rings. The van der Waals surface area contributed by atoms with E-state index in [1.165, 1.54) is 68.3 Å². The van der Waals surface area contributed by atoms with Crippen LogP contribution in [0.3, 0.4) is 0 Å². The molecule has 0 bridgehead atoms. The van der Waals surface area contributed by atoms with E-state index in [0.29, 0.717) is 0 Å². The van der Waals surface area contributed by atoms with Gasteiger partial charge < -0.3 is 9.79 Å². The van der Waals surface area contributed by atoms with Crippen LogP contribution >= 0.6 is 30.3 Å². The van der Waals surface area contributed by atoms with Gasteiger partial charge in [0.05, 0.1) is 6.16 Å². The van der Waals surface area contributed by atoms with E-state index in [0.717, 1.165) is 23.3 Å². The maximum atomic E-state index is 10.9. The zero-order valence-electron chi connectivity index (χ0n) is 16.7. The smallest absolute Gasteiger partial charge is 0.324 e. The highest BCUT2D eigenvalue weighted by Crippen LogP contribution is 2.41. The molecule has 0 aliphatic heterocycles.